The Morgan fingerprint density at radius 2 is 2.11 bits per heavy atom. The number of rotatable bonds is 8. The molecule has 0 unspecified atom stereocenters. The number of nitrogens with one attached hydrogen (secondary N) is 2. The molecule has 0 aliphatic heterocycles. The molecule has 1 rings (SSSR count). The third-order valence-corrected chi connectivity index (χ3v) is 2.74. The van der Waals surface area contributed by atoms with Gasteiger partial charge in [-0.15, -0.1) is 0 Å². The lowest BCUT2D eigenvalue weighted by molar-refractivity contribution is -0.118. The van der Waals surface area contributed by atoms with Gasteiger partial charge >= 0.3 is 0 Å². The number of nitrogens with two attached hydrogens (primary N) is 2. The van der Waals surface area contributed by atoms with Gasteiger partial charge in [-0.1, -0.05) is 11.8 Å². The van der Waals surface area contributed by atoms with E-state index < -0.39 is 0 Å². The number of primary amides is 1. The Morgan fingerprint density at radius 1 is 1.39 bits per heavy atom. The molecule has 0 aliphatic carbocycles. The minimum atomic E-state index is -0.267. The van der Waals surface area contributed by atoms with Crippen LogP contribution in [0.5, 0.6) is 0 Å². The smallest absolute Gasteiger partial charge is 0.217 e. The molecule has 0 spiro atoms. The first-order valence-corrected chi connectivity index (χ1v) is 6.80. The topological polar surface area (TPSA) is 119 Å². The van der Waals surface area contributed by atoms with Gasteiger partial charge in [-0.05, 0) is 19.1 Å². The van der Waals surface area contributed by atoms with Crippen LogP contribution in [0.25, 0.3) is 0 Å². The number of carbonyl (C=O) groups is 1. The Hall–Kier alpha value is -1.54. The molecule has 1 aromatic heterocycles. The standard InChI is InChI=1S/C10H18N6OS/c1-18-10-14-8(6-9(15-10)16-12)13-5-3-2-4-7(11)17/h6H,2-5,12H2,1H3,(H2,11,17)(H2,13,14,15,16). The van der Waals surface area contributed by atoms with Gasteiger partial charge in [0.25, 0.3) is 0 Å². The molecule has 0 aliphatic rings. The Labute approximate surface area is 110 Å². The van der Waals surface area contributed by atoms with E-state index in [-0.39, 0.29) is 5.91 Å². The fourth-order valence-corrected chi connectivity index (χ4v) is 1.70. The van der Waals surface area contributed by atoms with E-state index in [9.17, 15) is 4.79 Å². The number of thioether (sulfide) groups is 1. The van der Waals surface area contributed by atoms with Crippen LogP contribution in [-0.2, 0) is 4.79 Å². The predicted molar refractivity (Wildman–Crippen MR) is 73.2 cm³/mol. The quantitative estimate of drug-likeness (QED) is 0.179. The molecule has 0 saturated heterocycles. The molecule has 0 radical (unpaired) electrons. The molecule has 8 heteroatoms. The molecule has 0 atom stereocenters. The summed E-state index contributed by atoms with van der Waals surface area (Å²) in [5.74, 6) is 6.33. The summed E-state index contributed by atoms with van der Waals surface area (Å²) in [7, 11) is 0. The summed E-state index contributed by atoms with van der Waals surface area (Å²) >= 11 is 1.44. The number of hydrogen-bond donors (Lipinski definition) is 4. The molecule has 18 heavy (non-hydrogen) atoms. The molecule has 0 saturated carbocycles. The highest BCUT2D eigenvalue weighted by atomic mass is 32.2. The first-order valence-electron chi connectivity index (χ1n) is 5.57. The van der Waals surface area contributed by atoms with E-state index in [1.54, 1.807) is 6.07 Å². The predicted octanol–water partition coefficient (Wildman–Crippen LogP) is 0.552. The average molecular weight is 270 g/mol. The van der Waals surface area contributed by atoms with Crippen molar-refractivity contribution >= 4 is 29.3 Å². The number of amides is 1. The fraction of sp³-hybridized carbons (Fsp3) is 0.500. The lowest BCUT2D eigenvalue weighted by Gasteiger charge is -2.08. The van der Waals surface area contributed by atoms with Crippen molar-refractivity contribution in [2.45, 2.75) is 24.4 Å². The van der Waals surface area contributed by atoms with Crippen LogP contribution in [0.4, 0.5) is 11.6 Å². The number of nitrogen functional groups attached to an aromatic ring is 1. The van der Waals surface area contributed by atoms with Crippen molar-refractivity contribution in [3.05, 3.63) is 6.07 Å². The fourth-order valence-electron chi connectivity index (χ4n) is 1.32. The monoisotopic (exact) mass is 270 g/mol. The summed E-state index contributed by atoms with van der Waals surface area (Å²) in [6, 6.07) is 1.73. The van der Waals surface area contributed by atoms with E-state index in [2.05, 4.69) is 20.7 Å². The van der Waals surface area contributed by atoms with Gasteiger partial charge in [0, 0.05) is 19.0 Å². The zero-order valence-electron chi connectivity index (χ0n) is 10.3. The van der Waals surface area contributed by atoms with Crippen molar-refractivity contribution in [3.8, 4) is 0 Å². The van der Waals surface area contributed by atoms with Crippen molar-refractivity contribution in [1.82, 2.24) is 9.97 Å². The number of hydrazine groups is 1. The number of anilines is 2. The maximum Gasteiger partial charge on any atom is 0.217 e. The molecular formula is C10H18N6OS. The Morgan fingerprint density at radius 3 is 2.72 bits per heavy atom. The van der Waals surface area contributed by atoms with Crippen LogP contribution >= 0.6 is 11.8 Å². The van der Waals surface area contributed by atoms with Crippen molar-refractivity contribution in [1.29, 1.82) is 0 Å². The van der Waals surface area contributed by atoms with Crippen LogP contribution < -0.4 is 22.3 Å². The van der Waals surface area contributed by atoms with Gasteiger partial charge in [0.2, 0.25) is 5.91 Å². The number of nitrogens with zero attached hydrogens (tertiary/aromatic N) is 2. The summed E-state index contributed by atoms with van der Waals surface area (Å²) in [5, 5.41) is 3.80. The Bertz CT molecular complexity index is 378. The third kappa shape index (κ3) is 5.19. The molecule has 6 N–H and O–H groups in total. The molecule has 1 amide bonds. The largest absolute Gasteiger partial charge is 0.370 e. The highest BCUT2D eigenvalue weighted by Gasteiger charge is 2.02. The Balaban J connectivity index is 2.43. The van der Waals surface area contributed by atoms with Gasteiger partial charge in [0.05, 0.1) is 0 Å². The number of hydrogen-bond acceptors (Lipinski definition) is 7. The molecular weight excluding hydrogens is 252 g/mol. The molecule has 100 valence electrons. The first-order chi connectivity index (χ1) is 8.65. The second kappa shape index (κ2) is 7.72. The van der Waals surface area contributed by atoms with Gasteiger partial charge in [-0.3, -0.25) is 4.79 Å². The van der Waals surface area contributed by atoms with Crippen molar-refractivity contribution in [2.75, 3.05) is 23.5 Å². The first kappa shape index (κ1) is 14.5. The molecule has 1 heterocycles. The van der Waals surface area contributed by atoms with Gasteiger partial charge in [0.15, 0.2) is 5.16 Å². The summed E-state index contributed by atoms with van der Waals surface area (Å²) in [6.07, 6.45) is 3.93. The average Bonchev–Trinajstić information content (AvgIpc) is 2.37. The SMILES string of the molecule is CSc1nc(NN)cc(NCCCCC(N)=O)n1. The zero-order valence-corrected chi connectivity index (χ0v) is 11.1. The van der Waals surface area contributed by atoms with Crippen molar-refractivity contribution in [2.24, 2.45) is 11.6 Å². The van der Waals surface area contributed by atoms with E-state index in [0.717, 1.165) is 19.4 Å². The Kier molecular flexibility index (Phi) is 6.23. The van der Waals surface area contributed by atoms with E-state index in [4.69, 9.17) is 11.6 Å². The lowest BCUT2D eigenvalue weighted by atomic mass is 10.2. The van der Waals surface area contributed by atoms with Gasteiger partial charge in [-0.25, -0.2) is 15.8 Å². The van der Waals surface area contributed by atoms with Crippen molar-refractivity contribution in [3.63, 3.8) is 0 Å². The van der Waals surface area contributed by atoms with E-state index >= 15 is 0 Å². The summed E-state index contributed by atoms with van der Waals surface area (Å²) < 4.78 is 0. The third-order valence-electron chi connectivity index (χ3n) is 2.19. The van der Waals surface area contributed by atoms with Gasteiger partial charge in [0.1, 0.15) is 11.6 Å². The van der Waals surface area contributed by atoms with E-state index in [1.807, 2.05) is 6.26 Å². The molecule has 0 aromatic carbocycles. The van der Waals surface area contributed by atoms with Crippen LogP contribution in [0, 0.1) is 0 Å². The number of aromatic nitrogens is 2. The molecule has 0 bridgehead atoms. The second-order valence-corrected chi connectivity index (χ2v) is 4.39. The summed E-state index contributed by atoms with van der Waals surface area (Å²) in [4.78, 5) is 19.0. The van der Waals surface area contributed by atoms with E-state index in [0.29, 0.717) is 23.2 Å². The number of unbranched alkanes of at least 4 members (excludes halogenated alkanes) is 1. The van der Waals surface area contributed by atoms with E-state index in [1.165, 1.54) is 11.8 Å². The van der Waals surface area contributed by atoms with Crippen molar-refractivity contribution < 1.29 is 4.79 Å². The summed E-state index contributed by atoms with van der Waals surface area (Å²) in [6.45, 7) is 0.724. The maximum absolute atomic E-state index is 10.6. The molecule has 7 nitrogen and oxygen atoms in total. The van der Waals surface area contributed by atoms with Crippen LogP contribution in [0.2, 0.25) is 0 Å². The molecule has 0 fully saturated rings. The second-order valence-electron chi connectivity index (χ2n) is 3.62. The minimum absolute atomic E-state index is 0.267. The normalized spacial score (nSPS) is 10.1. The van der Waals surface area contributed by atoms with Crippen LogP contribution in [0.3, 0.4) is 0 Å². The van der Waals surface area contributed by atoms with Gasteiger partial charge < -0.3 is 16.5 Å². The zero-order chi connectivity index (χ0) is 13.4. The minimum Gasteiger partial charge on any atom is -0.370 e. The van der Waals surface area contributed by atoms with Crippen LogP contribution in [0.1, 0.15) is 19.3 Å². The molecule has 1 aromatic rings. The summed E-state index contributed by atoms with van der Waals surface area (Å²) in [5.41, 5.74) is 7.55. The highest BCUT2D eigenvalue weighted by Crippen LogP contribution is 2.16. The van der Waals surface area contributed by atoms with Crippen LogP contribution in [-0.4, -0.2) is 28.7 Å². The lowest BCUT2D eigenvalue weighted by Crippen LogP contribution is -2.12. The van der Waals surface area contributed by atoms with Gasteiger partial charge in [-0.2, -0.15) is 0 Å². The highest BCUT2D eigenvalue weighted by molar-refractivity contribution is 7.98. The van der Waals surface area contributed by atoms with Crippen LogP contribution in [0.15, 0.2) is 11.2 Å². The maximum atomic E-state index is 10.6. The number of carbonyl (C=O) groups excluding carboxylic acids is 1.